The van der Waals surface area contributed by atoms with Crippen LogP contribution in [0.15, 0.2) is 65.7 Å². The number of aliphatic imine (C=N–C) groups is 1. The third-order valence-electron chi connectivity index (χ3n) is 4.09. The van der Waals surface area contributed by atoms with Gasteiger partial charge >= 0.3 is 0 Å². The Balaban J connectivity index is 1.70. The fourth-order valence-electron chi connectivity index (χ4n) is 2.75. The van der Waals surface area contributed by atoms with Crippen molar-refractivity contribution < 1.29 is 14.3 Å². The van der Waals surface area contributed by atoms with Crippen LogP contribution in [-0.4, -0.2) is 46.9 Å². The molecule has 7 heteroatoms. The molecule has 1 N–H and O–H groups in total. The number of carbonyl (C=O) groups excluding carboxylic acids is 2. The van der Waals surface area contributed by atoms with Crippen molar-refractivity contribution in [3.05, 3.63) is 60.7 Å². The fraction of sp³-hybridized carbons (Fsp3) is 0.286. The van der Waals surface area contributed by atoms with Crippen molar-refractivity contribution in [1.82, 2.24) is 4.90 Å². The van der Waals surface area contributed by atoms with Gasteiger partial charge in [0.25, 0.3) is 0 Å². The minimum Gasteiger partial charge on any atom is -0.380 e. The summed E-state index contributed by atoms with van der Waals surface area (Å²) in [6.45, 7) is 3.35. The van der Waals surface area contributed by atoms with E-state index in [1.165, 1.54) is 11.8 Å². The van der Waals surface area contributed by atoms with Crippen molar-refractivity contribution in [3.8, 4) is 0 Å². The number of amides is 2. The zero-order valence-corrected chi connectivity index (χ0v) is 16.5. The number of hydrogen-bond donors (Lipinski definition) is 1. The minimum atomic E-state index is -0.493. The predicted octanol–water partition coefficient (Wildman–Crippen LogP) is 3.68. The second-order valence-corrected chi connectivity index (χ2v) is 7.31. The van der Waals surface area contributed by atoms with Crippen LogP contribution in [0.3, 0.4) is 0 Å². The molecule has 0 bridgehead atoms. The quantitative estimate of drug-likeness (QED) is 0.690. The number of amidine groups is 1. The Morgan fingerprint density at radius 2 is 1.82 bits per heavy atom. The number of hydrogen-bond acceptors (Lipinski definition) is 5. The summed E-state index contributed by atoms with van der Waals surface area (Å²) in [5, 5.41) is 2.95. The molecule has 146 valence electrons. The third-order valence-corrected chi connectivity index (χ3v) is 5.27. The summed E-state index contributed by atoms with van der Waals surface area (Å²) in [4.78, 5) is 31.5. The molecule has 1 aliphatic heterocycles. The van der Waals surface area contributed by atoms with Crippen molar-refractivity contribution in [2.45, 2.75) is 18.6 Å². The minimum absolute atomic E-state index is 0.0946. The van der Waals surface area contributed by atoms with Gasteiger partial charge in [-0.25, -0.2) is 4.99 Å². The molecule has 1 saturated heterocycles. The number of anilines is 1. The summed E-state index contributed by atoms with van der Waals surface area (Å²) < 4.78 is 5.40. The summed E-state index contributed by atoms with van der Waals surface area (Å²) in [7, 11) is 0. The molecular formula is C21H23N3O3S. The SMILES string of the molecule is CCOCCN1C(=O)C(CC(=O)Nc2ccccc2)SC1=Nc1ccccc1. The number of carbonyl (C=O) groups is 2. The molecule has 2 amide bonds. The third kappa shape index (κ3) is 5.43. The van der Waals surface area contributed by atoms with Crippen LogP contribution in [0.5, 0.6) is 0 Å². The van der Waals surface area contributed by atoms with Crippen LogP contribution >= 0.6 is 11.8 Å². The molecule has 1 atom stereocenters. The van der Waals surface area contributed by atoms with Gasteiger partial charge in [0.2, 0.25) is 11.8 Å². The molecule has 1 fully saturated rings. The second kappa shape index (κ2) is 10.1. The zero-order valence-electron chi connectivity index (χ0n) is 15.7. The highest BCUT2D eigenvalue weighted by molar-refractivity contribution is 8.15. The van der Waals surface area contributed by atoms with E-state index in [9.17, 15) is 9.59 Å². The van der Waals surface area contributed by atoms with E-state index >= 15 is 0 Å². The summed E-state index contributed by atoms with van der Waals surface area (Å²) in [5.41, 5.74) is 1.49. The van der Waals surface area contributed by atoms with Gasteiger partial charge in [-0.3, -0.25) is 14.5 Å². The maximum Gasteiger partial charge on any atom is 0.242 e. The highest BCUT2D eigenvalue weighted by Gasteiger charge is 2.39. The summed E-state index contributed by atoms with van der Waals surface area (Å²) in [6.07, 6.45) is 0.0946. The normalized spacial score (nSPS) is 17.9. The summed E-state index contributed by atoms with van der Waals surface area (Å²) in [5.74, 6) is -0.301. The van der Waals surface area contributed by atoms with Crippen LogP contribution in [0.1, 0.15) is 13.3 Å². The lowest BCUT2D eigenvalue weighted by molar-refractivity contribution is -0.128. The number of thioether (sulfide) groups is 1. The van der Waals surface area contributed by atoms with Gasteiger partial charge in [0.15, 0.2) is 5.17 Å². The Bertz CT molecular complexity index is 827. The van der Waals surface area contributed by atoms with Gasteiger partial charge in [0, 0.05) is 18.7 Å². The molecule has 0 aliphatic carbocycles. The average Bonchev–Trinajstić information content (AvgIpc) is 2.98. The molecule has 6 nitrogen and oxygen atoms in total. The van der Waals surface area contributed by atoms with Crippen LogP contribution in [0.25, 0.3) is 0 Å². The van der Waals surface area contributed by atoms with Crippen molar-refractivity contribution in [1.29, 1.82) is 0 Å². The predicted molar refractivity (Wildman–Crippen MR) is 113 cm³/mol. The lowest BCUT2D eigenvalue weighted by Gasteiger charge is -2.16. The number of para-hydroxylation sites is 2. The first-order valence-corrected chi connectivity index (χ1v) is 10.1. The lowest BCUT2D eigenvalue weighted by atomic mass is 10.2. The molecule has 2 aromatic carbocycles. The number of nitrogens with one attached hydrogen (secondary N) is 1. The summed E-state index contributed by atoms with van der Waals surface area (Å²) in [6, 6.07) is 18.7. The Morgan fingerprint density at radius 3 is 2.50 bits per heavy atom. The van der Waals surface area contributed by atoms with E-state index in [0.717, 1.165) is 5.69 Å². The van der Waals surface area contributed by atoms with Gasteiger partial charge in [-0.1, -0.05) is 48.2 Å². The highest BCUT2D eigenvalue weighted by Crippen LogP contribution is 2.31. The lowest BCUT2D eigenvalue weighted by Crippen LogP contribution is -2.36. The molecule has 0 saturated carbocycles. The monoisotopic (exact) mass is 397 g/mol. The van der Waals surface area contributed by atoms with E-state index in [1.807, 2.05) is 67.6 Å². The molecule has 1 unspecified atom stereocenters. The molecule has 28 heavy (non-hydrogen) atoms. The first-order chi connectivity index (χ1) is 13.7. The van der Waals surface area contributed by atoms with Crippen molar-refractivity contribution in [2.24, 2.45) is 4.99 Å². The largest absolute Gasteiger partial charge is 0.380 e. The molecule has 1 aliphatic rings. The zero-order chi connectivity index (χ0) is 19.8. The maximum absolute atomic E-state index is 12.9. The summed E-state index contributed by atoms with van der Waals surface area (Å²) >= 11 is 1.33. The van der Waals surface area contributed by atoms with Crippen LogP contribution in [0, 0.1) is 0 Å². The van der Waals surface area contributed by atoms with E-state index in [1.54, 1.807) is 4.90 Å². The van der Waals surface area contributed by atoms with Gasteiger partial charge in [0.1, 0.15) is 5.25 Å². The molecule has 0 spiro atoms. The Kier molecular flexibility index (Phi) is 7.22. The standard InChI is InChI=1S/C21H23N3O3S/c1-2-27-14-13-24-20(26)18(15-19(25)22-16-9-5-3-6-10-16)28-21(24)23-17-11-7-4-8-12-17/h3-12,18H,2,13-15H2,1H3,(H,22,25). The Morgan fingerprint density at radius 1 is 1.14 bits per heavy atom. The van der Waals surface area contributed by atoms with Gasteiger partial charge in [-0.2, -0.15) is 0 Å². The van der Waals surface area contributed by atoms with Crippen LogP contribution in [0.2, 0.25) is 0 Å². The first-order valence-electron chi connectivity index (χ1n) is 9.22. The fourth-order valence-corrected chi connectivity index (χ4v) is 3.93. The van der Waals surface area contributed by atoms with E-state index in [0.29, 0.717) is 30.6 Å². The molecule has 3 rings (SSSR count). The molecule has 0 radical (unpaired) electrons. The van der Waals surface area contributed by atoms with E-state index in [4.69, 9.17) is 4.74 Å². The highest BCUT2D eigenvalue weighted by atomic mass is 32.2. The first kappa shape index (κ1) is 20.1. The topological polar surface area (TPSA) is 71.0 Å². The van der Waals surface area contributed by atoms with Crippen molar-refractivity contribution in [2.75, 3.05) is 25.1 Å². The van der Waals surface area contributed by atoms with Crippen LogP contribution in [-0.2, 0) is 14.3 Å². The van der Waals surface area contributed by atoms with Crippen molar-refractivity contribution >= 4 is 40.1 Å². The van der Waals surface area contributed by atoms with E-state index in [2.05, 4.69) is 10.3 Å². The van der Waals surface area contributed by atoms with Gasteiger partial charge in [0.05, 0.1) is 18.8 Å². The number of benzene rings is 2. The molecule has 1 heterocycles. The smallest absolute Gasteiger partial charge is 0.242 e. The van der Waals surface area contributed by atoms with Crippen molar-refractivity contribution in [3.63, 3.8) is 0 Å². The number of nitrogens with zero attached hydrogens (tertiary/aromatic N) is 2. The number of ether oxygens (including phenoxy) is 1. The van der Waals surface area contributed by atoms with Gasteiger partial charge in [-0.05, 0) is 31.2 Å². The Labute approximate surface area is 169 Å². The van der Waals surface area contributed by atoms with E-state index in [-0.39, 0.29) is 18.2 Å². The second-order valence-electron chi connectivity index (χ2n) is 6.14. The van der Waals surface area contributed by atoms with Crippen LogP contribution in [0.4, 0.5) is 11.4 Å². The molecule has 0 aromatic heterocycles. The average molecular weight is 398 g/mol. The maximum atomic E-state index is 12.9. The van der Waals surface area contributed by atoms with Crippen LogP contribution < -0.4 is 5.32 Å². The van der Waals surface area contributed by atoms with Gasteiger partial charge in [-0.15, -0.1) is 0 Å². The van der Waals surface area contributed by atoms with Gasteiger partial charge < -0.3 is 10.1 Å². The molecular weight excluding hydrogens is 374 g/mol. The Hall–Kier alpha value is -2.64. The van der Waals surface area contributed by atoms with E-state index < -0.39 is 5.25 Å². The molecule has 2 aromatic rings. The number of rotatable bonds is 8.